The minimum atomic E-state index is -0.880. The summed E-state index contributed by atoms with van der Waals surface area (Å²) in [7, 11) is 0. The molecule has 0 bridgehead atoms. The van der Waals surface area contributed by atoms with Gasteiger partial charge in [0.25, 0.3) is 0 Å². The maximum atomic E-state index is 11.0. The molecule has 0 aliphatic carbocycles. The molecule has 7 heteroatoms. The Hall–Kier alpha value is -1.69. The van der Waals surface area contributed by atoms with E-state index in [0.29, 0.717) is 4.88 Å². The lowest BCUT2D eigenvalue weighted by molar-refractivity contribution is 0.0702. The molecular weight excluding hydrogens is 355 g/mol. The Bertz CT molecular complexity index is 727. The van der Waals surface area contributed by atoms with Crippen LogP contribution in [0.15, 0.2) is 47.2 Å². The van der Waals surface area contributed by atoms with Crippen LogP contribution in [0.1, 0.15) is 33.0 Å². The summed E-state index contributed by atoms with van der Waals surface area (Å²) in [4.78, 5) is 21.0. The number of hydrogen-bond donors (Lipinski definition) is 1. The predicted molar refractivity (Wildman–Crippen MR) is 98.6 cm³/mol. The third-order valence-corrected chi connectivity index (χ3v) is 4.29. The predicted octanol–water partition coefficient (Wildman–Crippen LogP) is 4.35. The Kier molecular flexibility index (Phi) is 7.42. The number of thiophene rings is 1. The average molecular weight is 371 g/mol. The SMILES string of the molecule is Cl.Cl.O=C(O)c1ccc(C=C2CCCN=C2c2cccnc2)s1. The van der Waals surface area contributed by atoms with Crippen molar-refractivity contribution in [1.29, 1.82) is 0 Å². The fourth-order valence-corrected chi connectivity index (χ4v) is 3.13. The molecule has 4 nitrogen and oxygen atoms in total. The molecule has 3 heterocycles. The van der Waals surface area contributed by atoms with Crippen molar-refractivity contribution in [1.82, 2.24) is 4.98 Å². The number of carboxylic acids is 1. The first-order valence-corrected chi connectivity index (χ1v) is 7.54. The van der Waals surface area contributed by atoms with E-state index in [1.807, 2.05) is 30.5 Å². The van der Waals surface area contributed by atoms with Crippen LogP contribution in [0.3, 0.4) is 0 Å². The number of nitrogens with zero attached hydrogens (tertiary/aromatic N) is 2. The van der Waals surface area contributed by atoms with Crippen LogP contribution >= 0.6 is 36.2 Å². The largest absolute Gasteiger partial charge is 0.477 e. The summed E-state index contributed by atoms with van der Waals surface area (Å²) in [6.45, 7) is 0.826. The number of halogens is 2. The summed E-state index contributed by atoms with van der Waals surface area (Å²) >= 11 is 1.29. The second-order valence-electron chi connectivity index (χ2n) is 4.75. The molecule has 0 amide bonds. The number of aliphatic imine (C=N–C) groups is 1. The molecule has 0 spiro atoms. The van der Waals surface area contributed by atoms with Crippen LogP contribution in [0.2, 0.25) is 0 Å². The topological polar surface area (TPSA) is 62.5 Å². The standard InChI is InChI=1S/C16H14N2O2S.2ClH/c19-16(20)14-6-5-13(21-14)9-11-3-2-8-18-15(11)12-4-1-7-17-10-12;;/h1,4-7,9-10H,2-3,8H2,(H,19,20);2*1H. The van der Waals surface area contributed by atoms with Gasteiger partial charge >= 0.3 is 5.97 Å². The van der Waals surface area contributed by atoms with Crippen molar-refractivity contribution >= 4 is 53.9 Å². The number of allylic oxidation sites excluding steroid dienone is 1. The summed E-state index contributed by atoms with van der Waals surface area (Å²) in [5.41, 5.74) is 3.13. The van der Waals surface area contributed by atoms with E-state index in [1.165, 1.54) is 11.3 Å². The number of carbonyl (C=O) groups is 1. The van der Waals surface area contributed by atoms with Gasteiger partial charge in [-0.1, -0.05) is 0 Å². The van der Waals surface area contributed by atoms with Crippen molar-refractivity contribution in [3.05, 3.63) is 57.6 Å². The van der Waals surface area contributed by atoms with E-state index in [0.717, 1.165) is 41.1 Å². The number of rotatable bonds is 3. The maximum absolute atomic E-state index is 11.0. The van der Waals surface area contributed by atoms with Gasteiger partial charge in [0.1, 0.15) is 4.88 Å². The highest BCUT2D eigenvalue weighted by atomic mass is 35.5. The highest BCUT2D eigenvalue weighted by Gasteiger charge is 2.15. The zero-order valence-corrected chi connectivity index (χ0v) is 14.6. The molecule has 0 atom stereocenters. The molecule has 0 saturated heterocycles. The van der Waals surface area contributed by atoms with Crippen LogP contribution in [0, 0.1) is 0 Å². The van der Waals surface area contributed by atoms with Crippen molar-refractivity contribution in [2.75, 3.05) is 6.54 Å². The van der Waals surface area contributed by atoms with Gasteiger partial charge in [-0.25, -0.2) is 4.79 Å². The lowest BCUT2D eigenvalue weighted by Crippen LogP contribution is -2.11. The molecule has 1 aliphatic heterocycles. The van der Waals surface area contributed by atoms with E-state index in [-0.39, 0.29) is 24.8 Å². The third-order valence-electron chi connectivity index (χ3n) is 3.27. The highest BCUT2D eigenvalue weighted by molar-refractivity contribution is 7.14. The second kappa shape index (κ2) is 8.82. The molecule has 122 valence electrons. The molecule has 0 unspecified atom stereocenters. The minimum Gasteiger partial charge on any atom is -0.477 e. The normalized spacial score (nSPS) is 15.3. The van der Waals surface area contributed by atoms with Crippen molar-refractivity contribution in [2.45, 2.75) is 12.8 Å². The molecule has 0 aromatic carbocycles. The summed E-state index contributed by atoms with van der Waals surface area (Å²) in [5, 5.41) is 8.99. The first-order valence-electron chi connectivity index (χ1n) is 6.73. The number of pyridine rings is 1. The Morgan fingerprint density at radius 3 is 2.74 bits per heavy atom. The van der Waals surface area contributed by atoms with Gasteiger partial charge < -0.3 is 5.11 Å². The molecule has 23 heavy (non-hydrogen) atoms. The van der Waals surface area contributed by atoms with Crippen molar-refractivity contribution in [2.24, 2.45) is 4.99 Å². The first kappa shape index (κ1) is 19.4. The number of aromatic nitrogens is 1. The average Bonchev–Trinajstić information content (AvgIpc) is 2.98. The van der Waals surface area contributed by atoms with Gasteiger partial charge in [0.05, 0.1) is 5.71 Å². The van der Waals surface area contributed by atoms with Gasteiger partial charge in [0, 0.05) is 29.4 Å². The van der Waals surface area contributed by atoms with E-state index >= 15 is 0 Å². The molecular formula is C16H16Cl2N2O2S. The summed E-state index contributed by atoms with van der Waals surface area (Å²) in [6, 6.07) is 7.39. The lowest BCUT2D eigenvalue weighted by atomic mass is 9.96. The van der Waals surface area contributed by atoms with Gasteiger partial charge in [-0.05, 0) is 48.8 Å². The summed E-state index contributed by atoms with van der Waals surface area (Å²) in [5.74, 6) is -0.880. The Morgan fingerprint density at radius 1 is 1.26 bits per heavy atom. The van der Waals surface area contributed by atoms with E-state index in [4.69, 9.17) is 5.11 Å². The van der Waals surface area contributed by atoms with E-state index in [1.54, 1.807) is 12.3 Å². The molecule has 0 radical (unpaired) electrons. The number of carboxylic acid groups (broad SMARTS) is 1. The summed E-state index contributed by atoms with van der Waals surface area (Å²) in [6.07, 6.45) is 7.58. The Balaban J connectivity index is 0.00000132. The van der Waals surface area contributed by atoms with Gasteiger partial charge in [0.15, 0.2) is 0 Å². The van der Waals surface area contributed by atoms with Crippen molar-refractivity contribution in [3.8, 4) is 0 Å². The van der Waals surface area contributed by atoms with Crippen LogP contribution in [-0.4, -0.2) is 28.3 Å². The third kappa shape index (κ3) is 4.64. The molecule has 2 aromatic heterocycles. The first-order chi connectivity index (χ1) is 10.2. The zero-order valence-electron chi connectivity index (χ0n) is 12.1. The molecule has 0 saturated carbocycles. The smallest absolute Gasteiger partial charge is 0.345 e. The fraction of sp³-hybridized carbons (Fsp3) is 0.188. The minimum absolute atomic E-state index is 0. The molecule has 0 fully saturated rings. The lowest BCUT2D eigenvalue weighted by Gasteiger charge is -2.15. The van der Waals surface area contributed by atoms with E-state index in [2.05, 4.69) is 9.98 Å². The number of aromatic carboxylic acids is 1. The van der Waals surface area contributed by atoms with Crippen LogP contribution in [0.5, 0.6) is 0 Å². The molecule has 3 rings (SSSR count). The maximum Gasteiger partial charge on any atom is 0.345 e. The van der Waals surface area contributed by atoms with Crippen molar-refractivity contribution in [3.63, 3.8) is 0 Å². The molecule has 2 aromatic rings. The van der Waals surface area contributed by atoms with Gasteiger partial charge in [0.2, 0.25) is 0 Å². The monoisotopic (exact) mass is 370 g/mol. The Morgan fingerprint density at radius 2 is 2.09 bits per heavy atom. The van der Waals surface area contributed by atoms with Crippen LogP contribution < -0.4 is 0 Å². The second-order valence-corrected chi connectivity index (χ2v) is 5.87. The van der Waals surface area contributed by atoms with Crippen LogP contribution in [0.4, 0.5) is 0 Å². The number of hydrogen-bond acceptors (Lipinski definition) is 4. The fourth-order valence-electron chi connectivity index (χ4n) is 2.32. The Labute approximate surface area is 150 Å². The van der Waals surface area contributed by atoms with Gasteiger partial charge in [-0.3, -0.25) is 9.98 Å². The van der Waals surface area contributed by atoms with Crippen molar-refractivity contribution < 1.29 is 9.90 Å². The van der Waals surface area contributed by atoms with E-state index in [9.17, 15) is 4.79 Å². The molecule has 1 N–H and O–H groups in total. The molecule has 1 aliphatic rings. The van der Waals surface area contributed by atoms with Crippen LogP contribution in [0.25, 0.3) is 6.08 Å². The quantitative estimate of drug-likeness (QED) is 0.873. The van der Waals surface area contributed by atoms with E-state index < -0.39 is 5.97 Å². The zero-order chi connectivity index (χ0) is 14.7. The summed E-state index contributed by atoms with van der Waals surface area (Å²) < 4.78 is 0. The van der Waals surface area contributed by atoms with Gasteiger partial charge in [-0.2, -0.15) is 0 Å². The van der Waals surface area contributed by atoms with Crippen LogP contribution in [-0.2, 0) is 0 Å². The highest BCUT2D eigenvalue weighted by Crippen LogP contribution is 2.25. The van der Waals surface area contributed by atoms with Gasteiger partial charge in [-0.15, -0.1) is 36.2 Å².